The molecule has 0 aliphatic heterocycles. The zero-order valence-electron chi connectivity index (χ0n) is 10.1. The van der Waals surface area contributed by atoms with Crippen LogP contribution in [-0.2, 0) is 11.2 Å². The lowest BCUT2D eigenvalue weighted by Gasteiger charge is -2.11. The van der Waals surface area contributed by atoms with Gasteiger partial charge in [0.1, 0.15) is 5.82 Å². The molecule has 0 radical (unpaired) electrons. The van der Waals surface area contributed by atoms with Gasteiger partial charge in [0.25, 0.3) is 0 Å². The Morgan fingerprint density at radius 1 is 1.21 bits per heavy atom. The Morgan fingerprint density at radius 3 is 2.53 bits per heavy atom. The van der Waals surface area contributed by atoms with Crippen molar-refractivity contribution in [1.82, 2.24) is 0 Å². The van der Waals surface area contributed by atoms with Crippen LogP contribution in [0.4, 0.5) is 4.39 Å². The molecular formula is C15H13BrFNO. The molecule has 0 unspecified atom stereocenters. The van der Waals surface area contributed by atoms with E-state index in [-0.39, 0.29) is 18.0 Å². The molecule has 0 amide bonds. The third kappa shape index (κ3) is 3.49. The van der Waals surface area contributed by atoms with Gasteiger partial charge in [0.15, 0.2) is 5.78 Å². The Hall–Kier alpha value is -1.52. The highest BCUT2D eigenvalue weighted by molar-refractivity contribution is 9.10. The Labute approximate surface area is 119 Å². The zero-order chi connectivity index (χ0) is 13.8. The minimum atomic E-state index is -0.648. The molecule has 0 saturated carbocycles. The number of Topliss-reactive ketones (excluding diaryl/α,β-unsaturated/α-hetero) is 1. The average Bonchev–Trinajstić information content (AvgIpc) is 2.43. The molecule has 2 rings (SSSR count). The van der Waals surface area contributed by atoms with Crippen molar-refractivity contribution in [3.63, 3.8) is 0 Å². The fourth-order valence-corrected chi connectivity index (χ4v) is 2.23. The third-order valence-electron chi connectivity index (χ3n) is 2.87. The van der Waals surface area contributed by atoms with E-state index in [2.05, 4.69) is 15.9 Å². The van der Waals surface area contributed by atoms with E-state index >= 15 is 0 Å². The summed E-state index contributed by atoms with van der Waals surface area (Å²) in [5.74, 6) is -0.437. The van der Waals surface area contributed by atoms with Gasteiger partial charge in [-0.25, -0.2) is 4.39 Å². The summed E-state index contributed by atoms with van der Waals surface area (Å²) in [6.45, 7) is 0. The van der Waals surface area contributed by atoms with Crippen molar-refractivity contribution in [3.8, 4) is 0 Å². The van der Waals surface area contributed by atoms with Crippen LogP contribution in [0.2, 0.25) is 0 Å². The number of carbonyl (C=O) groups is 1. The molecule has 0 bridgehead atoms. The van der Waals surface area contributed by atoms with Crippen molar-refractivity contribution in [2.45, 2.75) is 12.5 Å². The maximum Gasteiger partial charge on any atom is 0.158 e. The van der Waals surface area contributed by atoms with Gasteiger partial charge in [0, 0.05) is 6.42 Å². The van der Waals surface area contributed by atoms with Gasteiger partial charge in [-0.15, -0.1) is 0 Å². The van der Waals surface area contributed by atoms with E-state index in [9.17, 15) is 9.18 Å². The van der Waals surface area contributed by atoms with Gasteiger partial charge in [0.2, 0.25) is 0 Å². The molecule has 19 heavy (non-hydrogen) atoms. The van der Waals surface area contributed by atoms with Crippen LogP contribution < -0.4 is 5.73 Å². The van der Waals surface area contributed by atoms with E-state index in [1.165, 1.54) is 6.07 Å². The SMILES string of the molecule is N[C@@H](C(=O)Cc1ccc(F)c(Br)c1)c1ccccc1. The highest BCUT2D eigenvalue weighted by Crippen LogP contribution is 2.19. The molecule has 0 aliphatic rings. The van der Waals surface area contributed by atoms with Crippen molar-refractivity contribution >= 4 is 21.7 Å². The van der Waals surface area contributed by atoms with Crippen LogP contribution in [0.5, 0.6) is 0 Å². The van der Waals surface area contributed by atoms with Gasteiger partial charge >= 0.3 is 0 Å². The van der Waals surface area contributed by atoms with Crippen molar-refractivity contribution in [2.75, 3.05) is 0 Å². The van der Waals surface area contributed by atoms with E-state index in [0.717, 1.165) is 11.1 Å². The molecule has 0 fully saturated rings. The molecule has 1 atom stereocenters. The van der Waals surface area contributed by atoms with Crippen LogP contribution in [0, 0.1) is 5.82 Å². The quantitative estimate of drug-likeness (QED) is 0.937. The number of ketones is 1. The van der Waals surface area contributed by atoms with Crippen LogP contribution in [0.25, 0.3) is 0 Å². The first kappa shape index (κ1) is 13.9. The molecule has 2 N–H and O–H groups in total. The maximum atomic E-state index is 13.1. The topological polar surface area (TPSA) is 43.1 Å². The molecule has 4 heteroatoms. The Bertz CT molecular complexity index is 586. The van der Waals surface area contributed by atoms with Gasteiger partial charge in [-0.3, -0.25) is 4.79 Å². The van der Waals surface area contributed by atoms with Crippen LogP contribution in [0.1, 0.15) is 17.2 Å². The molecule has 98 valence electrons. The molecule has 2 aromatic carbocycles. The first-order valence-electron chi connectivity index (χ1n) is 5.85. The molecule has 0 heterocycles. The number of hydrogen-bond acceptors (Lipinski definition) is 2. The summed E-state index contributed by atoms with van der Waals surface area (Å²) in [5, 5.41) is 0. The summed E-state index contributed by atoms with van der Waals surface area (Å²) in [6, 6.07) is 13.1. The van der Waals surface area contributed by atoms with E-state index in [0.29, 0.717) is 4.47 Å². The lowest BCUT2D eigenvalue weighted by Crippen LogP contribution is -2.23. The van der Waals surface area contributed by atoms with Gasteiger partial charge in [0.05, 0.1) is 10.5 Å². The average molecular weight is 322 g/mol. The summed E-state index contributed by atoms with van der Waals surface area (Å²) >= 11 is 3.10. The molecule has 0 saturated heterocycles. The number of carbonyl (C=O) groups excluding carboxylic acids is 1. The van der Waals surface area contributed by atoms with E-state index in [1.54, 1.807) is 12.1 Å². The summed E-state index contributed by atoms with van der Waals surface area (Å²) in [4.78, 5) is 12.1. The monoisotopic (exact) mass is 321 g/mol. The van der Waals surface area contributed by atoms with Crippen LogP contribution in [0.3, 0.4) is 0 Å². The lowest BCUT2D eigenvalue weighted by atomic mass is 9.98. The fourth-order valence-electron chi connectivity index (χ4n) is 1.81. The highest BCUT2D eigenvalue weighted by Gasteiger charge is 2.16. The van der Waals surface area contributed by atoms with Crippen LogP contribution in [-0.4, -0.2) is 5.78 Å². The molecule has 0 spiro atoms. The zero-order valence-corrected chi connectivity index (χ0v) is 11.7. The van der Waals surface area contributed by atoms with Crippen LogP contribution >= 0.6 is 15.9 Å². The second-order valence-corrected chi connectivity index (χ2v) is 5.13. The summed E-state index contributed by atoms with van der Waals surface area (Å²) in [7, 11) is 0. The minimum absolute atomic E-state index is 0.0929. The van der Waals surface area contributed by atoms with Crippen LogP contribution in [0.15, 0.2) is 53.0 Å². The Morgan fingerprint density at radius 2 is 1.89 bits per heavy atom. The highest BCUT2D eigenvalue weighted by atomic mass is 79.9. The Kier molecular flexibility index (Phi) is 4.45. The summed E-state index contributed by atoms with van der Waals surface area (Å²) in [5.41, 5.74) is 7.45. The number of halogens is 2. The van der Waals surface area contributed by atoms with Gasteiger partial charge in [-0.05, 0) is 39.2 Å². The minimum Gasteiger partial charge on any atom is -0.318 e. The fraction of sp³-hybridized carbons (Fsp3) is 0.133. The molecule has 2 nitrogen and oxygen atoms in total. The van der Waals surface area contributed by atoms with Gasteiger partial charge in [-0.1, -0.05) is 36.4 Å². The first-order chi connectivity index (χ1) is 9.08. The lowest BCUT2D eigenvalue weighted by molar-refractivity contribution is -0.119. The largest absolute Gasteiger partial charge is 0.318 e. The second-order valence-electron chi connectivity index (χ2n) is 4.28. The number of rotatable bonds is 4. The van der Waals surface area contributed by atoms with E-state index in [1.807, 2.05) is 30.3 Å². The molecule has 2 aromatic rings. The van der Waals surface area contributed by atoms with E-state index in [4.69, 9.17) is 5.73 Å². The molecular weight excluding hydrogens is 309 g/mol. The smallest absolute Gasteiger partial charge is 0.158 e. The van der Waals surface area contributed by atoms with Gasteiger partial charge in [-0.2, -0.15) is 0 Å². The van der Waals surface area contributed by atoms with Crippen molar-refractivity contribution < 1.29 is 9.18 Å². The predicted molar refractivity (Wildman–Crippen MR) is 76.2 cm³/mol. The first-order valence-corrected chi connectivity index (χ1v) is 6.64. The number of benzene rings is 2. The predicted octanol–water partition coefficient (Wildman–Crippen LogP) is 3.40. The normalized spacial score (nSPS) is 12.2. The molecule has 0 aromatic heterocycles. The van der Waals surface area contributed by atoms with E-state index < -0.39 is 6.04 Å². The summed E-state index contributed by atoms with van der Waals surface area (Å²) in [6.07, 6.45) is 0.189. The van der Waals surface area contributed by atoms with Crippen molar-refractivity contribution in [1.29, 1.82) is 0 Å². The second kappa shape index (κ2) is 6.08. The van der Waals surface area contributed by atoms with Crippen molar-refractivity contribution in [3.05, 3.63) is 69.9 Å². The summed E-state index contributed by atoms with van der Waals surface area (Å²) < 4.78 is 13.5. The standard InChI is InChI=1S/C15H13BrFNO/c16-12-8-10(6-7-13(12)17)9-14(19)15(18)11-4-2-1-3-5-11/h1-8,15H,9,18H2/t15-/m1/s1. The maximum absolute atomic E-state index is 13.1. The number of nitrogens with two attached hydrogens (primary N) is 1. The third-order valence-corrected chi connectivity index (χ3v) is 3.48. The van der Waals surface area contributed by atoms with Crippen molar-refractivity contribution in [2.24, 2.45) is 5.73 Å². The molecule has 0 aliphatic carbocycles. The number of hydrogen-bond donors (Lipinski definition) is 1. The van der Waals surface area contributed by atoms with Gasteiger partial charge < -0.3 is 5.73 Å². The Balaban J connectivity index is 2.10.